The van der Waals surface area contributed by atoms with Crippen LogP contribution in [0.4, 0.5) is 8.78 Å². The maximum absolute atomic E-state index is 12.0. The Hall–Kier alpha value is -0.930. The number of amides is 1. The molecule has 0 saturated carbocycles. The number of hydrogen-bond donors (Lipinski definition) is 0. The molecule has 2 unspecified atom stereocenters. The Morgan fingerprint density at radius 2 is 2.36 bits per heavy atom. The smallest absolute Gasteiger partial charge is 0.266 e. The molecule has 0 aromatic heterocycles. The van der Waals surface area contributed by atoms with Gasteiger partial charge in [-0.1, -0.05) is 6.92 Å². The number of halogens is 2. The number of carbonyl (C=O) groups excluding carboxylic acids is 1. The van der Waals surface area contributed by atoms with Crippen molar-refractivity contribution in [2.75, 3.05) is 6.54 Å². The Morgan fingerprint density at radius 3 is 2.86 bits per heavy atom. The first-order chi connectivity index (χ1) is 6.54. The lowest BCUT2D eigenvalue weighted by Gasteiger charge is -2.23. The van der Waals surface area contributed by atoms with E-state index in [-0.39, 0.29) is 24.3 Å². The van der Waals surface area contributed by atoms with Crippen molar-refractivity contribution in [3.05, 3.63) is 12.2 Å². The molecule has 2 nitrogen and oxygen atoms in total. The third-order valence-electron chi connectivity index (χ3n) is 2.67. The van der Waals surface area contributed by atoms with E-state index in [0.29, 0.717) is 6.54 Å². The molecule has 1 rings (SSSR count). The first kappa shape index (κ1) is 11.1. The molecule has 0 aromatic carbocycles. The van der Waals surface area contributed by atoms with Crippen LogP contribution in [0.3, 0.4) is 0 Å². The summed E-state index contributed by atoms with van der Waals surface area (Å²) in [6, 6.07) is 0.156. The topological polar surface area (TPSA) is 20.3 Å². The van der Waals surface area contributed by atoms with E-state index < -0.39 is 6.08 Å². The van der Waals surface area contributed by atoms with E-state index in [9.17, 15) is 13.6 Å². The monoisotopic (exact) mass is 203 g/mol. The van der Waals surface area contributed by atoms with Gasteiger partial charge in [0.25, 0.3) is 6.08 Å². The molecular weight excluding hydrogens is 188 g/mol. The van der Waals surface area contributed by atoms with Crippen LogP contribution in [0.25, 0.3) is 0 Å². The van der Waals surface area contributed by atoms with Crippen molar-refractivity contribution >= 4 is 5.91 Å². The zero-order chi connectivity index (χ0) is 10.7. The summed E-state index contributed by atoms with van der Waals surface area (Å²) in [7, 11) is 0. The van der Waals surface area contributed by atoms with Crippen LogP contribution in [-0.2, 0) is 4.79 Å². The Kier molecular flexibility index (Phi) is 3.61. The van der Waals surface area contributed by atoms with Gasteiger partial charge in [-0.15, -0.1) is 0 Å². The zero-order valence-electron chi connectivity index (χ0n) is 8.46. The van der Waals surface area contributed by atoms with Crippen molar-refractivity contribution in [2.24, 2.45) is 5.92 Å². The molecule has 1 aliphatic rings. The third-order valence-corrected chi connectivity index (χ3v) is 2.67. The van der Waals surface area contributed by atoms with Gasteiger partial charge in [0.1, 0.15) is 0 Å². The van der Waals surface area contributed by atoms with Gasteiger partial charge < -0.3 is 4.90 Å². The predicted molar refractivity (Wildman–Crippen MR) is 49.9 cm³/mol. The van der Waals surface area contributed by atoms with Crippen LogP contribution in [0.15, 0.2) is 12.2 Å². The summed E-state index contributed by atoms with van der Waals surface area (Å²) in [5, 5.41) is 0. The second-order valence-electron chi connectivity index (χ2n) is 3.72. The summed E-state index contributed by atoms with van der Waals surface area (Å²) in [4.78, 5) is 13.1. The summed E-state index contributed by atoms with van der Waals surface area (Å²) >= 11 is 0. The fourth-order valence-electron chi connectivity index (χ4n) is 1.70. The molecule has 1 amide bonds. The van der Waals surface area contributed by atoms with Gasteiger partial charge in [-0.25, -0.2) is 0 Å². The summed E-state index contributed by atoms with van der Waals surface area (Å²) in [5.74, 6) is -0.316. The molecule has 0 aliphatic carbocycles. The Labute approximate surface area is 82.6 Å². The van der Waals surface area contributed by atoms with Crippen LogP contribution >= 0.6 is 0 Å². The van der Waals surface area contributed by atoms with E-state index in [0.717, 1.165) is 12.5 Å². The van der Waals surface area contributed by atoms with E-state index in [1.807, 2.05) is 13.8 Å². The molecule has 1 saturated heterocycles. The quantitative estimate of drug-likeness (QED) is 0.689. The molecule has 0 aromatic rings. The molecular formula is C10H15F2NO. The SMILES string of the molecule is CCC(C)N1CC(C=C(F)F)CC1=O. The van der Waals surface area contributed by atoms with Crippen LogP contribution in [0, 0.1) is 5.92 Å². The average molecular weight is 203 g/mol. The lowest BCUT2D eigenvalue weighted by Crippen LogP contribution is -2.33. The molecule has 0 radical (unpaired) electrons. The summed E-state index contributed by atoms with van der Waals surface area (Å²) < 4.78 is 23.9. The van der Waals surface area contributed by atoms with Crippen molar-refractivity contribution in [1.29, 1.82) is 0 Å². The average Bonchev–Trinajstić information content (AvgIpc) is 2.44. The third kappa shape index (κ3) is 2.53. The van der Waals surface area contributed by atoms with Gasteiger partial charge in [-0.05, 0) is 19.4 Å². The number of carbonyl (C=O) groups is 1. The molecule has 1 aliphatic heterocycles. The van der Waals surface area contributed by atoms with Gasteiger partial charge in [-0.2, -0.15) is 8.78 Å². The molecule has 1 heterocycles. The Balaban J connectivity index is 2.60. The normalized spacial score (nSPS) is 23.9. The lowest BCUT2D eigenvalue weighted by molar-refractivity contribution is -0.129. The van der Waals surface area contributed by atoms with Crippen LogP contribution < -0.4 is 0 Å². The van der Waals surface area contributed by atoms with Gasteiger partial charge in [0, 0.05) is 24.9 Å². The first-order valence-corrected chi connectivity index (χ1v) is 4.86. The molecule has 2 atom stereocenters. The predicted octanol–water partition coefficient (Wildman–Crippen LogP) is 2.41. The largest absolute Gasteiger partial charge is 0.339 e. The van der Waals surface area contributed by atoms with Gasteiger partial charge in [0.2, 0.25) is 5.91 Å². The van der Waals surface area contributed by atoms with Crippen molar-refractivity contribution in [1.82, 2.24) is 4.90 Å². The van der Waals surface area contributed by atoms with Gasteiger partial charge in [-0.3, -0.25) is 4.79 Å². The molecule has 80 valence electrons. The van der Waals surface area contributed by atoms with E-state index >= 15 is 0 Å². The minimum Gasteiger partial charge on any atom is -0.339 e. The van der Waals surface area contributed by atoms with E-state index in [2.05, 4.69) is 0 Å². The van der Waals surface area contributed by atoms with E-state index in [4.69, 9.17) is 0 Å². The Bertz CT molecular complexity index is 249. The number of rotatable bonds is 3. The number of nitrogens with zero attached hydrogens (tertiary/aromatic N) is 1. The fourth-order valence-corrected chi connectivity index (χ4v) is 1.70. The van der Waals surface area contributed by atoms with Crippen LogP contribution in [0.1, 0.15) is 26.7 Å². The molecule has 4 heteroatoms. The molecule has 0 spiro atoms. The number of hydrogen-bond acceptors (Lipinski definition) is 1. The minimum atomic E-state index is -1.69. The van der Waals surface area contributed by atoms with Gasteiger partial charge in [0.15, 0.2) is 0 Å². The fraction of sp³-hybridized carbons (Fsp3) is 0.700. The number of likely N-dealkylation sites (tertiary alicyclic amines) is 1. The van der Waals surface area contributed by atoms with Crippen molar-refractivity contribution < 1.29 is 13.6 Å². The lowest BCUT2D eigenvalue weighted by atomic mass is 10.1. The highest BCUT2D eigenvalue weighted by Gasteiger charge is 2.31. The molecule has 1 fully saturated rings. The highest BCUT2D eigenvalue weighted by Crippen LogP contribution is 2.23. The van der Waals surface area contributed by atoms with Crippen molar-refractivity contribution in [2.45, 2.75) is 32.7 Å². The molecule has 0 N–H and O–H groups in total. The second-order valence-corrected chi connectivity index (χ2v) is 3.72. The standard InChI is InChI=1S/C10H15F2NO/c1-3-7(2)13-6-8(4-9(11)12)5-10(13)14/h4,7-8H,3,5-6H2,1-2H3. The van der Waals surface area contributed by atoms with Crippen LogP contribution in [0.5, 0.6) is 0 Å². The highest BCUT2D eigenvalue weighted by atomic mass is 19.3. The van der Waals surface area contributed by atoms with Gasteiger partial charge in [0.05, 0.1) is 0 Å². The maximum atomic E-state index is 12.0. The highest BCUT2D eigenvalue weighted by molar-refractivity contribution is 5.79. The molecule has 0 bridgehead atoms. The van der Waals surface area contributed by atoms with Crippen molar-refractivity contribution in [3.8, 4) is 0 Å². The second kappa shape index (κ2) is 4.53. The minimum absolute atomic E-state index is 0.0122. The van der Waals surface area contributed by atoms with Crippen molar-refractivity contribution in [3.63, 3.8) is 0 Å². The molecule has 14 heavy (non-hydrogen) atoms. The Morgan fingerprint density at radius 1 is 1.71 bits per heavy atom. The first-order valence-electron chi connectivity index (χ1n) is 4.86. The van der Waals surface area contributed by atoms with Gasteiger partial charge >= 0.3 is 0 Å². The summed E-state index contributed by atoms with van der Waals surface area (Å²) in [5.41, 5.74) is 0. The van der Waals surface area contributed by atoms with E-state index in [1.54, 1.807) is 4.90 Å². The zero-order valence-corrected chi connectivity index (χ0v) is 8.46. The maximum Gasteiger partial charge on any atom is 0.266 e. The summed E-state index contributed by atoms with van der Waals surface area (Å²) in [6.45, 7) is 4.36. The summed E-state index contributed by atoms with van der Waals surface area (Å²) in [6.07, 6.45) is 0.288. The van der Waals surface area contributed by atoms with E-state index in [1.165, 1.54) is 0 Å². The van der Waals surface area contributed by atoms with Crippen LogP contribution in [0.2, 0.25) is 0 Å². The van der Waals surface area contributed by atoms with Crippen LogP contribution in [-0.4, -0.2) is 23.4 Å².